The van der Waals surface area contributed by atoms with Gasteiger partial charge in [0.2, 0.25) is 0 Å². The first-order valence-electron chi connectivity index (χ1n) is 16.3. The quantitative estimate of drug-likeness (QED) is 0.178. The van der Waals surface area contributed by atoms with Crippen LogP contribution in [0.3, 0.4) is 0 Å². The van der Waals surface area contributed by atoms with Gasteiger partial charge in [0.05, 0.1) is 54.0 Å². The van der Waals surface area contributed by atoms with Gasteiger partial charge in [-0.1, -0.05) is 6.07 Å². The molecule has 2 fully saturated rings. The van der Waals surface area contributed by atoms with Crippen molar-refractivity contribution in [3.8, 4) is 6.07 Å². The molecule has 5 aromatic rings. The van der Waals surface area contributed by atoms with E-state index in [0.29, 0.717) is 42.2 Å². The lowest BCUT2D eigenvalue weighted by molar-refractivity contribution is -0.0592. The third-order valence-corrected chi connectivity index (χ3v) is 9.17. The van der Waals surface area contributed by atoms with E-state index < -0.39 is 5.60 Å². The fraction of sp³-hybridized carbons (Fsp3) is 0.405. The summed E-state index contributed by atoms with van der Waals surface area (Å²) in [6.45, 7) is 9.98. The van der Waals surface area contributed by atoms with Crippen LogP contribution in [-0.4, -0.2) is 61.4 Å². The van der Waals surface area contributed by atoms with Crippen LogP contribution in [0.5, 0.6) is 0 Å². The maximum absolute atomic E-state index is 14.6. The molecule has 7 rings (SSSR count). The summed E-state index contributed by atoms with van der Waals surface area (Å²) in [5.41, 5.74) is 4.48. The lowest BCUT2D eigenvalue weighted by Crippen LogP contribution is -2.35. The number of likely N-dealkylation sites (tertiary alicyclic amines) is 1. The number of pyridine rings is 1. The molecule has 0 saturated carbocycles. The number of rotatable bonds is 8. The molecule has 5 heterocycles. The minimum Gasteiger partial charge on any atom is -0.456 e. The summed E-state index contributed by atoms with van der Waals surface area (Å²) in [5.74, 6) is 0.578. The number of benzene rings is 2. The zero-order valence-electron chi connectivity index (χ0n) is 27.1. The Morgan fingerprint density at radius 1 is 1.04 bits per heavy atom. The van der Waals surface area contributed by atoms with Crippen LogP contribution in [0.1, 0.15) is 79.0 Å². The second-order valence-electron chi connectivity index (χ2n) is 13.7. The molecule has 0 amide bonds. The van der Waals surface area contributed by atoms with Crippen molar-refractivity contribution in [2.75, 3.05) is 19.7 Å². The summed E-state index contributed by atoms with van der Waals surface area (Å²) in [5, 5.41) is 10.1. The summed E-state index contributed by atoms with van der Waals surface area (Å²) in [6, 6.07) is 18.4. The van der Waals surface area contributed by atoms with Crippen molar-refractivity contribution in [3.63, 3.8) is 0 Å². The monoisotopic (exact) mass is 634 g/mol. The maximum atomic E-state index is 14.6. The SMILES string of the molecule is CC(C)(C)OC(=O)c1ccc2nc(CN3CCC(c4ccc5ccn(Cc6ccc(C#N)cc6F)c5n4)CC3)n(C[C@@H]3CCO3)c2c1. The lowest BCUT2D eigenvalue weighted by atomic mass is 9.93. The number of carbonyl (C=O) groups excluding carboxylic acids is 1. The van der Waals surface area contributed by atoms with Crippen LogP contribution in [0.2, 0.25) is 0 Å². The zero-order chi connectivity index (χ0) is 32.7. The van der Waals surface area contributed by atoms with Gasteiger partial charge < -0.3 is 18.6 Å². The van der Waals surface area contributed by atoms with Gasteiger partial charge in [0.15, 0.2) is 0 Å². The number of hydrogen-bond donors (Lipinski definition) is 0. The number of carbonyl (C=O) groups is 1. The summed E-state index contributed by atoms with van der Waals surface area (Å²) in [7, 11) is 0. The zero-order valence-corrected chi connectivity index (χ0v) is 27.1. The molecule has 0 spiro atoms. The van der Waals surface area contributed by atoms with Crippen molar-refractivity contribution >= 4 is 28.0 Å². The van der Waals surface area contributed by atoms with Gasteiger partial charge >= 0.3 is 5.97 Å². The van der Waals surface area contributed by atoms with E-state index in [4.69, 9.17) is 24.7 Å². The smallest absolute Gasteiger partial charge is 0.338 e. The molecule has 9 nitrogen and oxygen atoms in total. The second kappa shape index (κ2) is 12.5. The first-order chi connectivity index (χ1) is 22.6. The molecule has 2 aromatic carbocycles. The van der Waals surface area contributed by atoms with Crippen LogP contribution in [0.25, 0.3) is 22.1 Å². The molecule has 2 aliphatic heterocycles. The molecular weight excluding hydrogens is 595 g/mol. The Labute approximate surface area is 273 Å². The van der Waals surface area contributed by atoms with E-state index >= 15 is 0 Å². The van der Waals surface area contributed by atoms with Crippen LogP contribution in [0.4, 0.5) is 4.39 Å². The van der Waals surface area contributed by atoms with Gasteiger partial charge in [0.1, 0.15) is 22.9 Å². The molecule has 0 N–H and O–H groups in total. The highest BCUT2D eigenvalue weighted by molar-refractivity contribution is 5.94. The first-order valence-corrected chi connectivity index (χ1v) is 16.3. The average molecular weight is 635 g/mol. The van der Waals surface area contributed by atoms with E-state index in [-0.39, 0.29) is 17.9 Å². The summed E-state index contributed by atoms with van der Waals surface area (Å²) < 4.78 is 30.3. The van der Waals surface area contributed by atoms with Gasteiger partial charge in [-0.3, -0.25) is 4.90 Å². The maximum Gasteiger partial charge on any atom is 0.338 e. The van der Waals surface area contributed by atoms with Crippen molar-refractivity contribution in [3.05, 3.63) is 94.8 Å². The molecule has 2 aliphatic rings. The fourth-order valence-electron chi connectivity index (χ4n) is 6.54. The number of ether oxygens (including phenoxy) is 2. The first kappa shape index (κ1) is 31.0. The summed E-state index contributed by atoms with van der Waals surface area (Å²) in [6.07, 6.45) is 5.05. The van der Waals surface area contributed by atoms with E-state index in [0.717, 1.165) is 72.5 Å². The van der Waals surface area contributed by atoms with Crippen molar-refractivity contribution in [1.29, 1.82) is 5.26 Å². The molecule has 242 valence electrons. The predicted molar refractivity (Wildman–Crippen MR) is 176 cm³/mol. The van der Waals surface area contributed by atoms with E-state index in [1.807, 2.05) is 55.8 Å². The minimum absolute atomic E-state index is 0.149. The van der Waals surface area contributed by atoms with Gasteiger partial charge in [-0.25, -0.2) is 19.2 Å². The lowest BCUT2D eigenvalue weighted by Gasteiger charge is -2.32. The number of nitrogens with zero attached hydrogens (tertiary/aromatic N) is 6. The van der Waals surface area contributed by atoms with Crippen LogP contribution in [0, 0.1) is 17.1 Å². The molecule has 47 heavy (non-hydrogen) atoms. The van der Waals surface area contributed by atoms with Crippen molar-refractivity contribution in [2.45, 2.75) is 77.3 Å². The number of piperidine rings is 1. The van der Waals surface area contributed by atoms with Crippen LogP contribution < -0.4 is 0 Å². The Balaban J connectivity index is 1.06. The van der Waals surface area contributed by atoms with Crippen molar-refractivity contribution < 1.29 is 18.7 Å². The normalized spacial score (nSPS) is 17.6. The number of imidazole rings is 1. The van der Waals surface area contributed by atoms with Gasteiger partial charge in [0, 0.05) is 35.4 Å². The highest BCUT2D eigenvalue weighted by Crippen LogP contribution is 2.31. The van der Waals surface area contributed by atoms with E-state index in [9.17, 15) is 9.18 Å². The Bertz CT molecular complexity index is 1990. The van der Waals surface area contributed by atoms with Gasteiger partial charge in [-0.15, -0.1) is 0 Å². The number of aromatic nitrogens is 4. The Morgan fingerprint density at radius 2 is 1.85 bits per heavy atom. The molecule has 0 unspecified atom stereocenters. The molecule has 2 saturated heterocycles. The summed E-state index contributed by atoms with van der Waals surface area (Å²) in [4.78, 5) is 25.4. The standard InChI is InChI=1S/C37H39FN6O3/c1-37(2,3)47-36(45)27-7-9-32-33(19-27)44(22-29-13-17-46-29)34(40-32)23-42-14-10-25(11-15-42)31-8-6-26-12-16-43(35(26)41-31)21-28-5-4-24(20-39)18-30(28)38/h4-9,12,16,18-19,25,29H,10-11,13-15,17,21-23H2,1-3H3/t29-/m0/s1. The van der Waals surface area contributed by atoms with Gasteiger partial charge in [-0.2, -0.15) is 5.26 Å². The van der Waals surface area contributed by atoms with E-state index in [1.54, 1.807) is 18.2 Å². The molecular formula is C37H39FN6O3. The topological polar surface area (TPSA) is 98.2 Å². The Morgan fingerprint density at radius 3 is 2.55 bits per heavy atom. The fourth-order valence-corrected chi connectivity index (χ4v) is 6.54. The summed E-state index contributed by atoms with van der Waals surface area (Å²) >= 11 is 0. The molecule has 0 radical (unpaired) electrons. The third-order valence-electron chi connectivity index (χ3n) is 9.17. The van der Waals surface area contributed by atoms with Crippen LogP contribution in [-0.2, 0) is 29.1 Å². The van der Waals surface area contributed by atoms with Crippen LogP contribution in [0.15, 0.2) is 60.8 Å². The third kappa shape index (κ3) is 6.64. The molecule has 10 heteroatoms. The average Bonchev–Trinajstić information content (AvgIpc) is 3.59. The molecule has 0 aliphatic carbocycles. The molecule has 1 atom stereocenters. The van der Waals surface area contributed by atoms with Crippen LogP contribution >= 0.6 is 0 Å². The Kier molecular flexibility index (Phi) is 8.28. The molecule has 0 bridgehead atoms. The highest BCUT2D eigenvalue weighted by atomic mass is 19.1. The van der Waals surface area contributed by atoms with E-state index in [2.05, 4.69) is 21.6 Å². The number of fused-ring (bicyclic) bond motifs is 2. The number of halogens is 1. The largest absolute Gasteiger partial charge is 0.456 e. The number of nitriles is 1. The molecule has 3 aromatic heterocycles. The van der Waals surface area contributed by atoms with E-state index in [1.165, 1.54) is 6.07 Å². The number of esters is 1. The van der Waals surface area contributed by atoms with Crippen molar-refractivity contribution in [2.24, 2.45) is 0 Å². The Hall–Kier alpha value is -4.59. The predicted octanol–water partition coefficient (Wildman–Crippen LogP) is 6.57. The van der Waals surface area contributed by atoms with Crippen molar-refractivity contribution in [1.82, 2.24) is 24.0 Å². The minimum atomic E-state index is -0.569. The van der Waals surface area contributed by atoms with Gasteiger partial charge in [-0.05, 0) is 102 Å². The highest BCUT2D eigenvalue weighted by Gasteiger charge is 2.27. The van der Waals surface area contributed by atoms with Gasteiger partial charge in [0.25, 0.3) is 0 Å². The second-order valence-corrected chi connectivity index (χ2v) is 13.7. The number of hydrogen-bond acceptors (Lipinski definition) is 7.